The Morgan fingerprint density at radius 2 is 1.85 bits per heavy atom. The van der Waals surface area contributed by atoms with E-state index >= 15 is 0 Å². The van der Waals surface area contributed by atoms with Crippen molar-refractivity contribution in [2.24, 2.45) is 0 Å². The molecule has 0 aromatic heterocycles. The molecule has 6 N–H and O–H groups in total. The smallest absolute Gasteiger partial charge is 0.349 e. The molecule has 0 aliphatic carbocycles. The molecule has 0 unspecified atom stereocenters. The molecule has 70 valence electrons. The first-order chi connectivity index (χ1) is 6.07. The molecule has 0 radical (unpaired) electrons. The zero-order chi connectivity index (χ0) is 10.0. The number of anilines is 3. The van der Waals surface area contributed by atoms with Crippen LogP contribution in [0.2, 0.25) is 0 Å². The lowest BCUT2D eigenvalue weighted by Gasteiger charge is -2.07. The van der Waals surface area contributed by atoms with Crippen LogP contribution in [0, 0.1) is 0 Å². The largest absolute Gasteiger partial charge is 0.397 e. The van der Waals surface area contributed by atoms with Crippen LogP contribution in [0.25, 0.3) is 0 Å². The summed E-state index contributed by atoms with van der Waals surface area (Å²) in [7, 11) is 0. The molecule has 0 amide bonds. The molecule has 0 fully saturated rings. The third-order valence-corrected chi connectivity index (χ3v) is 2.01. The maximum atomic E-state index is 11.1. The van der Waals surface area contributed by atoms with Gasteiger partial charge in [-0.2, -0.15) is 0 Å². The Balaban J connectivity index is 3.26. The first-order valence-corrected chi connectivity index (χ1v) is 4.22. The van der Waals surface area contributed by atoms with Crippen LogP contribution in [0.3, 0.4) is 0 Å². The minimum atomic E-state index is -0.537. The van der Waals surface area contributed by atoms with Crippen molar-refractivity contribution in [1.82, 2.24) is 0 Å². The molecular weight excluding hydrogens is 285 g/mol. The summed E-state index contributed by atoms with van der Waals surface area (Å²) in [5, 5.41) is 0. The zero-order valence-corrected chi connectivity index (χ0v) is 8.74. The highest BCUT2D eigenvalue weighted by atomic mass is 127. The van der Waals surface area contributed by atoms with Gasteiger partial charge in [-0.25, -0.2) is 4.79 Å². The molecule has 0 atom stereocenters. The molecule has 0 aliphatic rings. The highest BCUT2D eigenvalue weighted by molar-refractivity contribution is 14.1. The van der Waals surface area contributed by atoms with E-state index in [0.29, 0.717) is 5.69 Å². The fraction of sp³-hybridized carbons (Fsp3) is 0. The van der Waals surface area contributed by atoms with E-state index in [0.717, 1.165) is 0 Å². The molecule has 13 heavy (non-hydrogen) atoms. The van der Waals surface area contributed by atoms with Gasteiger partial charge in [0.05, 0.1) is 22.6 Å². The number of nitrogens with two attached hydrogens (primary N) is 3. The molecule has 0 bridgehead atoms. The average Bonchev–Trinajstić information content (AvgIpc) is 2.13. The summed E-state index contributed by atoms with van der Waals surface area (Å²) in [6.07, 6.45) is 0. The van der Waals surface area contributed by atoms with Crippen LogP contribution in [-0.2, 0) is 3.07 Å². The normalized spacial score (nSPS) is 9.62. The van der Waals surface area contributed by atoms with Gasteiger partial charge in [0, 0.05) is 0 Å². The molecule has 0 heterocycles. The van der Waals surface area contributed by atoms with Crippen molar-refractivity contribution in [3.63, 3.8) is 0 Å². The highest BCUT2D eigenvalue weighted by Gasteiger charge is 2.13. The van der Waals surface area contributed by atoms with Crippen LogP contribution in [0.5, 0.6) is 0 Å². The Kier molecular flexibility index (Phi) is 2.81. The predicted octanol–water partition coefficient (Wildman–Crippen LogP) is 0.940. The third kappa shape index (κ3) is 1.77. The lowest BCUT2D eigenvalue weighted by molar-refractivity contribution is 0.0801. The van der Waals surface area contributed by atoms with E-state index in [4.69, 9.17) is 17.2 Å². The van der Waals surface area contributed by atoms with Crippen LogP contribution in [-0.4, -0.2) is 5.97 Å². The number of carbonyl (C=O) groups is 1. The molecular formula is C7H8IN3O2. The molecule has 0 saturated carbocycles. The van der Waals surface area contributed by atoms with Crippen LogP contribution in [0.1, 0.15) is 10.4 Å². The van der Waals surface area contributed by atoms with Gasteiger partial charge in [-0.1, -0.05) is 0 Å². The Hall–Kier alpha value is -1.18. The summed E-state index contributed by atoms with van der Waals surface area (Å²) in [4.78, 5) is 11.1. The van der Waals surface area contributed by atoms with Crippen LogP contribution < -0.4 is 17.2 Å². The minimum Gasteiger partial charge on any atom is -0.397 e. The minimum absolute atomic E-state index is 0.154. The van der Waals surface area contributed by atoms with E-state index in [2.05, 4.69) is 3.07 Å². The third-order valence-electron chi connectivity index (χ3n) is 1.61. The Bertz CT molecular complexity index is 354. The number of halogens is 1. The highest BCUT2D eigenvalue weighted by Crippen LogP contribution is 2.26. The predicted molar refractivity (Wildman–Crippen MR) is 59.1 cm³/mol. The Morgan fingerprint density at radius 1 is 1.23 bits per heavy atom. The van der Waals surface area contributed by atoms with Crippen LogP contribution in [0.15, 0.2) is 12.1 Å². The van der Waals surface area contributed by atoms with Gasteiger partial charge in [-0.3, -0.25) is 0 Å². The summed E-state index contributed by atoms with van der Waals surface area (Å²) < 4.78 is 4.47. The van der Waals surface area contributed by atoms with Gasteiger partial charge in [0.2, 0.25) is 0 Å². The second-order valence-electron chi connectivity index (χ2n) is 2.39. The van der Waals surface area contributed by atoms with Gasteiger partial charge in [0.15, 0.2) is 23.0 Å². The van der Waals surface area contributed by atoms with Crippen molar-refractivity contribution in [2.75, 3.05) is 17.2 Å². The van der Waals surface area contributed by atoms with Gasteiger partial charge in [0.1, 0.15) is 0 Å². The van der Waals surface area contributed by atoms with E-state index in [1.807, 2.05) is 0 Å². The van der Waals surface area contributed by atoms with Gasteiger partial charge >= 0.3 is 5.97 Å². The molecule has 0 spiro atoms. The summed E-state index contributed by atoms with van der Waals surface area (Å²) in [5.41, 5.74) is 17.5. The molecule has 6 heteroatoms. The van der Waals surface area contributed by atoms with Gasteiger partial charge in [-0.05, 0) is 12.1 Å². The number of rotatable bonds is 1. The lowest BCUT2D eigenvalue weighted by Crippen LogP contribution is -2.07. The molecule has 1 aromatic carbocycles. The lowest BCUT2D eigenvalue weighted by atomic mass is 10.1. The zero-order valence-electron chi connectivity index (χ0n) is 6.58. The van der Waals surface area contributed by atoms with Crippen LogP contribution in [0.4, 0.5) is 17.1 Å². The first-order valence-electron chi connectivity index (χ1n) is 3.34. The van der Waals surface area contributed by atoms with Crippen molar-refractivity contribution in [1.29, 1.82) is 0 Å². The van der Waals surface area contributed by atoms with E-state index in [1.54, 1.807) is 0 Å². The van der Waals surface area contributed by atoms with Gasteiger partial charge in [0.25, 0.3) is 0 Å². The van der Waals surface area contributed by atoms with Gasteiger partial charge < -0.3 is 20.3 Å². The number of nitrogen functional groups attached to an aromatic ring is 3. The summed E-state index contributed by atoms with van der Waals surface area (Å²) in [6, 6.07) is 2.98. The summed E-state index contributed by atoms with van der Waals surface area (Å²) >= 11 is 1.48. The molecule has 0 saturated heterocycles. The Labute approximate surface area is 88.9 Å². The second-order valence-corrected chi connectivity index (χ2v) is 2.83. The van der Waals surface area contributed by atoms with Crippen molar-refractivity contribution < 1.29 is 7.86 Å². The van der Waals surface area contributed by atoms with E-state index in [9.17, 15) is 4.79 Å². The van der Waals surface area contributed by atoms with E-state index < -0.39 is 5.97 Å². The Morgan fingerprint density at radius 3 is 2.38 bits per heavy atom. The quantitative estimate of drug-likeness (QED) is 0.528. The van der Waals surface area contributed by atoms with Gasteiger partial charge in [-0.15, -0.1) is 0 Å². The van der Waals surface area contributed by atoms with Crippen molar-refractivity contribution in [3.05, 3.63) is 17.7 Å². The maximum Gasteiger partial charge on any atom is 0.349 e. The molecule has 1 rings (SSSR count). The van der Waals surface area contributed by atoms with Crippen molar-refractivity contribution in [2.45, 2.75) is 0 Å². The molecule has 5 nitrogen and oxygen atoms in total. The number of hydrogen-bond donors (Lipinski definition) is 3. The molecule has 0 aliphatic heterocycles. The van der Waals surface area contributed by atoms with Crippen molar-refractivity contribution >= 4 is 46.0 Å². The van der Waals surface area contributed by atoms with E-state index in [-0.39, 0.29) is 16.9 Å². The van der Waals surface area contributed by atoms with Crippen LogP contribution >= 0.6 is 23.0 Å². The number of hydrogen-bond acceptors (Lipinski definition) is 5. The monoisotopic (exact) mass is 293 g/mol. The topological polar surface area (TPSA) is 104 Å². The number of benzene rings is 1. The standard InChI is InChI=1S/C7H8IN3O2/c8-13-7(12)3-1-2-4(9)6(11)5(3)10/h1-2H,9-11H2. The first kappa shape index (κ1) is 9.90. The fourth-order valence-corrected chi connectivity index (χ4v) is 1.11. The van der Waals surface area contributed by atoms with Crippen molar-refractivity contribution in [3.8, 4) is 0 Å². The average molecular weight is 293 g/mol. The SMILES string of the molecule is Nc1ccc(C(=O)OI)c(N)c1N. The second kappa shape index (κ2) is 3.69. The summed E-state index contributed by atoms with van der Waals surface area (Å²) in [5.74, 6) is -0.537. The van der Waals surface area contributed by atoms with E-state index in [1.165, 1.54) is 35.1 Å². The fourth-order valence-electron chi connectivity index (χ4n) is 0.873. The molecule has 1 aromatic rings. The number of carbonyl (C=O) groups excluding carboxylic acids is 1. The maximum absolute atomic E-state index is 11.1. The summed E-state index contributed by atoms with van der Waals surface area (Å²) in [6.45, 7) is 0.